The second-order valence-corrected chi connectivity index (χ2v) is 6.92. The first-order chi connectivity index (χ1) is 10.1. The molecule has 3 rings (SSSR count). The van der Waals surface area contributed by atoms with Crippen molar-refractivity contribution in [2.45, 2.75) is 38.8 Å². The van der Waals surface area contributed by atoms with E-state index in [1.807, 2.05) is 24.4 Å². The average molecular weight is 324 g/mol. The quantitative estimate of drug-likeness (QED) is 0.906. The molecule has 0 saturated heterocycles. The summed E-state index contributed by atoms with van der Waals surface area (Å²) in [6.45, 7) is 2.72. The predicted molar refractivity (Wildman–Crippen MR) is 87.2 cm³/mol. The van der Waals surface area contributed by atoms with Crippen LogP contribution in [0.3, 0.4) is 0 Å². The van der Waals surface area contributed by atoms with Crippen LogP contribution in [0.1, 0.15) is 37.1 Å². The third-order valence-electron chi connectivity index (χ3n) is 3.98. The van der Waals surface area contributed by atoms with Gasteiger partial charge in [-0.1, -0.05) is 24.1 Å². The molecule has 21 heavy (non-hydrogen) atoms. The van der Waals surface area contributed by atoms with Gasteiger partial charge in [0.25, 0.3) is 5.56 Å². The van der Waals surface area contributed by atoms with Crippen LogP contribution in [0.15, 0.2) is 28.5 Å². The lowest BCUT2D eigenvalue weighted by Crippen LogP contribution is -2.31. The zero-order chi connectivity index (χ0) is 14.8. The summed E-state index contributed by atoms with van der Waals surface area (Å²) < 4.78 is 1.54. The van der Waals surface area contributed by atoms with E-state index in [4.69, 9.17) is 11.6 Å². The molecule has 112 valence electrons. The average Bonchev–Trinajstić information content (AvgIpc) is 2.94. The van der Waals surface area contributed by atoms with Crippen molar-refractivity contribution in [1.29, 1.82) is 0 Å². The van der Waals surface area contributed by atoms with E-state index in [1.165, 1.54) is 24.1 Å². The maximum Gasteiger partial charge on any atom is 0.291 e. The van der Waals surface area contributed by atoms with Crippen molar-refractivity contribution in [1.82, 2.24) is 9.78 Å². The van der Waals surface area contributed by atoms with Crippen molar-refractivity contribution >= 4 is 28.6 Å². The molecule has 1 N–H and O–H groups in total. The van der Waals surface area contributed by atoms with Crippen molar-refractivity contribution in [3.8, 4) is 0 Å². The van der Waals surface area contributed by atoms with E-state index < -0.39 is 0 Å². The lowest BCUT2D eigenvalue weighted by molar-refractivity contribution is 0.262. The number of hydrogen-bond donors (Lipinski definition) is 1. The summed E-state index contributed by atoms with van der Waals surface area (Å²) in [7, 11) is 0. The molecule has 6 heteroatoms. The Morgan fingerprint density at radius 2 is 2.38 bits per heavy atom. The molecule has 0 bridgehead atoms. The van der Waals surface area contributed by atoms with Gasteiger partial charge in [-0.2, -0.15) is 5.10 Å². The van der Waals surface area contributed by atoms with Crippen LogP contribution in [0.2, 0.25) is 5.02 Å². The molecule has 0 aliphatic heterocycles. The smallest absolute Gasteiger partial charge is 0.291 e. The first-order valence-electron chi connectivity index (χ1n) is 7.20. The van der Waals surface area contributed by atoms with Gasteiger partial charge in [0.05, 0.1) is 17.3 Å². The number of nitrogens with one attached hydrogen (secondary N) is 1. The topological polar surface area (TPSA) is 46.9 Å². The molecule has 0 spiro atoms. The Labute approximate surface area is 132 Å². The third-order valence-corrected chi connectivity index (χ3v) is 5.33. The number of nitrogens with zero attached hydrogens (tertiary/aromatic N) is 2. The number of rotatable bonds is 5. The van der Waals surface area contributed by atoms with E-state index in [1.54, 1.807) is 22.2 Å². The highest BCUT2D eigenvalue weighted by Gasteiger charge is 2.21. The lowest BCUT2D eigenvalue weighted by atomic mass is 9.85. The molecule has 2 aromatic rings. The molecule has 1 fully saturated rings. The Morgan fingerprint density at radius 3 is 3.00 bits per heavy atom. The van der Waals surface area contributed by atoms with E-state index in [2.05, 4.69) is 10.4 Å². The zero-order valence-corrected chi connectivity index (χ0v) is 13.5. The summed E-state index contributed by atoms with van der Waals surface area (Å²) in [6.07, 6.45) is 5.19. The predicted octanol–water partition coefficient (Wildman–Crippen LogP) is 3.93. The molecular formula is C15H18ClN3OS. The molecule has 0 amide bonds. The van der Waals surface area contributed by atoms with Crippen LogP contribution >= 0.6 is 22.9 Å². The van der Waals surface area contributed by atoms with Gasteiger partial charge in [0, 0.05) is 11.4 Å². The minimum absolute atomic E-state index is 0.0507. The molecule has 4 nitrogen and oxygen atoms in total. The zero-order valence-electron chi connectivity index (χ0n) is 11.9. The van der Waals surface area contributed by atoms with Gasteiger partial charge in [-0.15, -0.1) is 11.3 Å². The molecule has 2 aromatic heterocycles. The highest BCUT2D eigenvalue weighted by Crippen LogP contribution is 2.28. The largest absolute Gasteiger partial charge is 0.372 e. The normalized spacial score (nSPS) is 16.5. The highest BCUT2D eigenvalue weighted by molar-refractivity contribution is 7.10. The third kappa shape index (κ3) is 3.14. The molecule has 0 radical (unpaired) electrons. The molecule has 1 atom stereocenters. The van der Waals surface area contributed by atoms with E-state index in [0.717, 1.165) is 0 Å². The maximum atomic E-state index is 12.5. The van der Waals surface area contributed by atoms with Gasteiger partial charge in [0.1, 0.15) is 5.69 Å². The van der Waals surface area contributed by atoms with E-state index in [9.17, 15) is 4.79 Å². The number of aromatic nitrogens is 2. The van der Waals surface area contributed by atoms with E-state index in [0.29, 0.717) is 23.2 Å². The number of thiophene rings is 1. The second-order valence-electron chi connectivity index (χ2n) is 5.53. The van der Waals surface area contributed by atoms with E-state index >= 15 is 0 Å². The molecule has 2 heterocycles. The minimum Gasteiger partial charge on any atom is -0.372 e. The first-order valence-corrected chi connectivity index (χ1v) is 8.46. The SMILES string of the molecule is CC(Nc1c(Cl)cnn(CC2CCC2)c1=O)c1cccs1. The van der Waals surface area contributed by atoms with Crippen LogP contribution in [0, 0.1) is 5.92 Å². The fraction of sp³-hybridized carbons (Fsp3) is 0.467. The van der Waals surface area contributed by atoms with Gasteiger partial charge in [0.15, 0.2) is 0 Å². The van der Waals surface area contributed by atoms with Crippen LogP contribution in [-0.2, 0) is 6.54 Å². The van der Waals surface area contributed by atoms with Crippen LogP contribution in [0.5, 0.6) is 0 Å². The van der Waals surface area contributed by atoms with Gasteiger partial charge in [0.2, 0.25) is 0 Å². The fourth-order valence-corrected chi connectivity index (χ4v) is 3.39. The summed E-state index contributed by atoms with van der Waals surface area (Å²) in [5.74, 6) is 0.582. The minimum atomic E-state index is -0.127. The summed E-state index contributed by atoms with van der Waals surface area (Å²) in [5.41, 5.74) is 0.324. The van der Waals surface area contributed by atoms with Gasteiger partial charge >= 0.3 is 0 Å². The van der Waals surface area contributed by atoms with Gasteiger partial charge in [-0.25, -0.2) is 4.68 Å². The van der Waals surface area contributed by atoms with Crippen LogP contribution in [-0.4, -0.2) is 9.78 Å². The first kappa shape index (κ1) is 14.6. The summed E-state index contributed by atoms with van der Waals surface area (Å²) in [6, 6.07) is 4.10. The van der Waals surface area contributed by atoms with Gasteiger partial charge in [-0.3, -0.25) is 4.79 Å². The van der Waals surface area contributed by atoms with Crippen molar-refractivity contribution < 1.29 is 0 Å². The van der Waals surface area contributed by atoms with Crippen molar-refractivity contribution in [3.63, 3.8) is 0 Å². The summed E-state index contributed by atoms with van der Waals surface area (Å²) in [4.78, 5) is 13.7. The lowest BCUT2D eigenvalue weighted by Gasteiger charge is -2.25. The number of hydrogen-bond acceptors (Lipinski definition) is 4. The molecule has 1 aliphatic rings. The van der Waals surface area contributed by atoms with Gasteiger partial charge < -0.3 is 5.32 Å². The van der Waals surface area contributed by atoms with E-state index in [-0.39, 0.29) is 11.6 Å². The van der Waals surface area contributed by atoms with Crippen molar-refractivity contribution in [3.05, 3.63) is 44.0 Å². The van der Waals surface area contributed by atoms with Crippen molar-refractivity contribution in [2.75, 3.05) is 5.32 Å². The van der Waals surface area contributed by atoms with Crippen LogP contribution in [0.4, 0.5) is 5.69 Å². The molecule has 1 saturated carbocycles. The summed E-state index contributed by atoms with van der Waals surface area (Å²) >= 11 is 7.82. The van der Waals surface area contributed by atoms with Crippen LogP contribution in [0.25, 0.3) is 0 Å². The van der Waals surface area contributed by atoms with Gasteiger partial charge in [-0.05, 0) is 37.1 Å². The molecular weight excluding hydrogens is 306 g/mol. The molecule has 0 aromatic carbocycles. The highest BCUT2D eigenvalue weighted by atomic mass is 35.5. The Balaban J connectivity index is 1.83. The fourth-order valence-electron chi connectivity index (χ4n) is 2.47. The standard InChI is InChI=1S/C15H18ClN3OS/c1-10(13-6-3-7-21-13)18-14-12(16)8-17-19(15(14)20)9-11-4-2-5-11/h3,6-8,10-11,18H,2,4-5,9H2,1H3. The van der Waals surface area contributed by atoms with Crippen molar-refractivity contribution in [2.24, 2.45) is 5.92 Å². The Hall–Kier alpha value is -1.33. The Kier molecular flexibility index (Phi) is 4.31. The summed E-state index contributed by atoms with van der Waals surface area (Å²) in [5, 5.41) is 9.81. The monoisotopic (exact) mass is 323 g/mol. The Morgan fingerprint density at radius 1 is 1.57 bits per heavy atom. The number of halogens is 1. The second kappa shape index (κ2) is 6.20. The maximum absolute atomic E-state index is 12.5. The Bertz CT molecular complexity index is 664. The van der Waals surface area contributed by atoms with Crippen LogP contribution < -0.4 is 10.9 Å². The molecule has 1 aliphatic carbocycles. The molecule has 1 unspecified atom stereocenters. The number of anilines is 1.